The number of aromatic nitrogens is 3. The Morgan fingerprint density at radius 3 is 2.93 bits per heavy atom. The normalized spacial score (nSPS) is 15.5. The maximum atomic E-state index is 9.86. The number of nitrogens with two attached hydrogens (primary N) is 1. The Hall–Kier alpha value is -1.46. The van der Waals surface area contributed by atoms with Crippen molar-refractivity contribution in [3.63, 3.8) is 0 Å². The summed E-state index contributed by atoms with van der Waals surface area (Å²) in [7, 11) is 0. The van der Waals surface area contributed by atoms with E-state index in [1.165, 1.54) is 0 Å². The standard InChI is InChI=1S/C10H14N4O/c1-6-5-14-4-3-12-8(10(14)13-6)9(15)7(2)11/h3-5,7,9,15H,11H2,1-2H3. The van der Waals surface area contributed by atoms with Crippen LogP contribution in [0.2, 0.25) is 0 Å². The average Bonchev–Trinajstić information content (AvgIpc) is 2.56. The topological polar surface area (TPSA) is 76.4 Å². The second kappa shape index (κ2) is 3.60. The van der Waals surface area contributed by atoms with Crippen molar-refractivity contribution in [1.29, 1.82) is 0 Å². The predicted octanol–water partition coefficient (Wildman–Crippen LogP) is 0.418. The Morgan fingerprint density at radius 2 is 2.27 bits per heavy atom. The molecule has 0 aromatic carbocycles. The molecule has 0 saturated carbocycles. The van der Waals surface area contributed by atoms with Gasteiger partial charge in [0.1, 0.15) is 11.8 Å². The monoisotopic (exact) mass is 206 g/mol. The molecule has 2 rings (SSSR count). The maximum Gasteiger partial charge on any atom is 0.161 e. The SMILES string of the molecule is Cc1cn2ccnc(C(O)C(C)N)c2n1. The third kappa shape index (κ3) is 1.71. The molecular weight excluding hydrogens is 192 g/mol. The fourth-order valence-electron chi connectivity index (χ4n) is 1.52. The van der Waals surface area contributed by atoms with E-state index in [4.69, 9.17) is 5.73 Å². The number of aliphatic hydroxyl groups excluding tert-OH is 1. The van der Waals surface area contributed by atoms with Crippen LogP contribution < -0.4 is 5.73 Å². The molecule has 5 nitrogen and oxygen atoms in total. The number of fused-ring (bicyclic) bond motifs is 1. The lowest BCUT2D eigenvalue weighted by atomic mass is 10.1. The highest BCUT2D eigenvalue weighted by molar-refractivity contribution is 5.46. The Balaban J connectivity index is 2.59. The summed E-state index contributed by atoms with van der Waals surface area (Å²) in [6, 6.07) is -0.360. The number of rotatable bonds is 2. The van der Waals surface area contributed by atoms with Crippen molar-refractivity contribution >= 4 is 5.65 Å². The zero-order valence-corrected chi connectivity index (χ0v) is 8.75. The summed E-state index contributed by atoms with van der Waals surface area (Å²) >= 11 is 0. The molecule has 0 saturated heterocycles. The maximum absolute atomic E-state index is 9.86. The van der Waals surface area contributed by atoms with E-state index in [0.717, 1.165) is 5.69 Å². The van der Waals surface area contributed by atoms with Crippen molar-refractivity contribution < 1.29 is 5.11 Å². The van der Waals surface area contributed by atoms with E-state index in [0.29, 0.717) is 11.3 Å². The first-order chi connectivity index (χ1) is 7.09. The van der Waals surface area contributed by atoms with E-state index in [-0.39, 0.29) is 6.04 Å². The number of hydrogen-bond acceptors (Lipinski definition) is 4. The Morgan fingerprint density at radius 1 is 1.53 bits per heavy atom. The van der Waals surface area contributed by atoms with Crippen molar-refractivity contribution in [3.05, 3.63) is 30.0 Å². The van der Waals surface area contributed by atoms with Crippen LogP contribution in [0.3, 0.4) is 0 Å². The number of imidazole rings is 1. The van der Waals surface area contributed by atoms with Crippen molar-refractivity contribution in [3.8, 4) is 0 Å². The first-order valence-electron chi connectivity index (χ1n) is 4.83. The molecule has 0 spiro atoms. The van der Waals surface area contributed by atoms with Crippen LogP contribution in [0.4, 0.5) is 0 Å². The largest absolute Gasteiger partial charge is 0.385 e. The summed E-state index contributed by atoms with van der Waals surface area (Å²) < 4.78 is 1.84. The highest BCUT2D eigenvalue weighted by Gasteiger charge is 2.18. The zero-order chi connectivity index (χ0) is 11.0. The van der Waals surface area contributed by atoms with E-state index < -0.39 is 6.10 Å². The molecule has 0 aliphatic heterocycles. The Kier molecular flexibility index (Phi) is 2.42. The van der Waals surface area contributed by atoms with Gasteiger partial charge in [0.05, 0.1) is 5.69 Å². The van der Waals surface area contributed by atoms with Crippen LogP contribution >= 0.6 is 0 Å². The van der Waals surface area contributed by atoms with Crippen molar-refractivity contribution in [2.75, 3.05) is 0 Å². The lowest BCUT2D eigenvalue weighted by Gasteiger charge is -2.13. The molecule has 2 aromatic heterocycles. The van der Waals surface area contributed by atoms with Crippen LogP contribution in [0.5, 0.6) is 0 Å². The molecule has 3 N–H and O–H groups in total. The number of aliphatic hydroxyl groups is 1. The van der Waals surface area contributed by atoms with E-state index in [9.17, 15) is 5.11 Å². The van der Waals surface area contributed by atoms with Crippen LogP contribution in [-0.2, 0) is 0 Å². The van der Waals surface area contributed by atoms with Crippen LogP contribution in [0.1, 0.15) is 24.4 Å². The molecule has 2 heterocycles. The molecule has 2 aromatic rings. The fraction of sp³-hybridized carbons (Fsp3) is 0.400. The van der Waals surface area contributed by atoms with Crippen LogP contribution in [0.25, 0.3) is 5.65 Å². The highest BCUT2D eigenvalue weighted by Crippen LogP contribution is 2.18. The molecule has 80 valence electrons. The predicted molar refractivity (Wildman–Crippen MR) is 56.3 cm³/mol. The lowest BCUT2D eigenvalue weighted by Crippen LogP contribution is -2.25. The van der Waals surface area contributed by atoms with Crippen molar-refractivity contribution in [2.45, 2.75) is 26.0 Å². The van der Waals surface area contributed by atoms with Crippen molar-refractivity contribution in [1.82, 2.24) is 14.4 Å². The van der Waals surface area contributed by atoms with E-state index >= 15 is 0 Å². The summed E-state index contributed by atoms with van der Waals surface area (Å²) in [6.07, 6.45) is 4.53. The minimum atomic E-state index is -0.782. The third-order valence-corrected chi connectivity index (χ3v) is 2.30. The summed E-state index contributed by atoms with van der Waals surface area (Å²) in [6.45, 7) is 3.64. The first-order valence-corrected chi connectivity index (χ1v) is 4.83. The Bertz CT molecular complexity index is 477. The third-order valence-electron chi connectivity index (χ3n) is 2.30. The molecule has 0 bridgehead atoms. The van der Waals surface area contributed by atoms with Gasteiger partial charge in [-0.2, -0.15) is 0 Å². The fourth-order valence-corrected chi connectivity index (χ4v) is 1.52. The van der Waals surface area contributed by atoms with Gasteiger partial charge in [0.2, 0.25) is 0 Å². The molecule has 5 heteroatoms. The van der Waals surface area contributed by atoms with Gasteiger partial charge in [-0.05, 0) is 13.8 Å². The first kappa shape index (κ1) is 10.1. The summed E-state index contributed by atoms with van der Waals surface area (Å²) in [5, 5.41) is 9.86. The average molecular weight is 206 g/mol. The molecule has 0 amide bonds. The molecule has 0 fully saturated rings. The van der Waals surface area contributed by atoms with Gasteiger partial charge >= 0.3 is 0 Å². The minimum absolute atomic E-state index is 0.360. The highest BCUT2D eigenvalue weighted by atomic mass is 16.3. The minimum Gasteiger partial charge on any atom is -0.385 e. The van der Waals surface area contributed by atoms with Gasteiger partial charge in [-0.3, -0.25) is 4.98 Å². The van der Waals surface area contributed by atoms with Gasteiger partial charge < -0.3 is 15.2 Å². The van der Waals surface area contributed by atoms with E-state index in [1.54, 1.807) is 19.3 Å². The van der Waals surface area contributed by atoms with E-state index in [1.807, 2.05) is 17.5 Å². The second-order valence-electron chi connectivity index (χ2n) is 3.73. The van der Waals surface area contributed by atoms with Gasteiger partial charge in [-0.25, -0.2) is 4.98 Å². The van der Waals surface area contributed by atoms with Crippen molar-refractivity contribution in [2.24, 2.45) is 5.73 Å². The van der Waals surface area contributed by atoms with Crippen LogP contribution in [-0.4, -0.2) is 25.5 Å². The van der Waals surface area contributed by atoms with Gasteiger partial charge in [0.25, 0.3) is 0 Å². The molecular formula is C10H14N4O. The molecule has 2 atom stereocenters. The second-order valence-corrected chi connectivity index (χ2v) is 3.73. The molecule has 0 aliphatic rings. The lowest BCUT2D eigenvalue weighted by molar-refractivity contribution is 0.150. The van der Waals surface area contributed by atoms with Crippen LogP contribution in [0.15, 0.2) is 18.6 Å². The molecule has 0 radical (unpaired) electrons. The smallest absolute Gasteiger partial charge is 0.161 e. The van der Waals surface area contributed by atoms with Gasteiger partial charge in [0.15, 0.2) is 5.65 Å². The summed E-state index contributed by atoms with van der Waals surface area (Å²) in [4.78, 5) is 8.43. The van der Waals surface area contributed by atoms with Crippen LogP contribution in [0, 0.1) is 6.92 Å². The van der Waals surface area contributed by atoms with Gasteiger partial charge in [0, 0.05) is 24.6 Å². The summed E-state index contributed by atoms with van der Waals surface area (Å²) in [5.74, 6) is 0. The molecule has 0 aliphatic carbocycles. The number of nitrogens with zero attached hydrogens (tertiary/aromatic N) is 3. The Labute approximate surface area is 87.6 Å². The number of aryl methyl sites for hydroxylation is 1. The quantitative estimate of drug-likeness (QED) is 0.746. The summed E-state index contributed by atoms with van der Waals surface area (Å²) in [5.41, 5.74) is 7.72. The van der Waals surface area contributed by atoms with Gasteiger partial charge in [-0.1, -0.05) is 0 Å². The van der Waals surface area contributed by atoms with E-state index in [2.05, 4.69) is 9.97 Å². The zero-order valence-electron chi connectivity index (χ0n) is 8.75. The van der Waals surface area contributed by atoms with Gasteiger partial charge in [-0.15, -0.1) is 0 Å². The molecule has 2 unspecified atom stereocenters. The molecule has 15 heavy (non-hydrogen) atoms. The number of hydrogen-bond donors (Lipinski definition) is 2.